The number of aromatic nitrogens is 2. The highest BCUT2D eigenvalue weighted by Gasteiger charge is 2.45. The molecule has 3 aromatic rings. The van der Waals surface area contributed by atoms with Crippen molar-refractivity contribution in [1.82, 2.24) is 14.5 Å². The minimum Gasteiger partial charge on any atom is -0.507 e. The number of carbonyl (C=O) groups excluding carboxylic acids is 2. The number of aliphatic hydroxyl groups is 1. The van der Waals surface area contributed by atoms with Crippen LogP contribution in [0.25, 0.3) is 5.76 Å². The number of ether oxygens (including phenoxy) is 1. The number of ketones is 1. The lowest BCUT2D eigenvalue weighted by atomic mass is 9.95. The second kappa shape index (κ2) is 11.4. The maximum Gasteiger partial charge on any atom is 0.295 e. The average Bonchev–Trinajstić information content (AvgIpc) is 3.46. The Morgan fingerprint density at radius 1 is 1.11 bits per heavy atom. The third kappa shape index (κ3) is 5.65. The summed E-state index contributed by atoms with van der Waals surface area (Å²) in [5, 5.41) is 11.3. The van der Waals surface area contributed by atoms with Gasteiger partial charge in [0.15, 0.2) is 0 Å². The van der Waals surface area contributed by atoms with Gasteiger partial charge in [-0.1, -0.05) is 53.5 Å². The number of imidazole rings is 1. The van der Waals surface area contributed by atoms with Gasteiger partial charge in [0.25, 0.3) is 11.7 Å². The highest BCUT2D eigenvalue weighted by atomic mass is 79.9. The van der Waals surface area contributed by atoms with Gasteiger partial charge in [-0.25, -0.2) is 4.98 Å². The van der Waals surface area contributed by atoms with E-state index in [1.807, 2.05) is 41.1 Å². The smallest absolute Gasteiger partial charge is 0.295 e. The van der Waals surface area contributed by atoms with Crippen molar-refractivity contribution in [3.8, 4) is 5.75 Å². The van der Waals surface area contributed by atoms with E-state index in [-0.39, 0.29) is 11.3 Å². The maximum absolute atomic E-state index is 13.2. The summed E-state index contributed by atoms with van der Waals surface area (Å²) in [7, 11) is 0. The molecule has 1 N–H and O–H groups in total. The Kier molecular flexibility index (Phi) is 8.02. The fourth-order valence-corrected chi connectivity index (χ4v) is 4.62. The van der Waals surface area contributed by atoms with Gasteiger partial charge in [0.05, 0.1) is 24.5 Å². The first-order valence-electron chi connectivity index (χ1n) is 11.7. The minimum atomic E-state index is -0.694. The molecule has 1 amide bonds. The summed E-state index contributed by atoms with van der Waals surface area (Å²) in [6, 6.07) is 13.8. The summed E-state index contributed by atoms with van der Waals surface area (Å²) >= 11 is 3.49. The molecular weight excluding hydrogens is 510 g/mol. The average molecular weight is 538 g/mol. The Hall–Kier alpha value is -3.39. The van der Waals surface area contributed by atoms with Gasteiger partial charge in [0.2, 0.25) is 0 Å². The molecule has 0 spiro atoms. The number of aliphatic hydroxyl groups excluding tert-OH is 1. The number of Topliss-reactive ketones (excluding diaryl/α,β-unsaturated/α-hetero) is 1. The largest absolute Gasteiger partial charge is 0.507 e. The van der Waals surface area contributed by atoms with E-state index in [2.05, 4.69) is 27.8 Å². The predicted octanol–water partition coefficient (Wildman–Crippen LogP) is 5.34. The topological polar surface area (TPSA) is 84.7 Å². The number of hydrogen-bond donors (Lipinski definition) is 1. The van der Waals surface area contributed by atoms with E-state index in [1.165, 1.54) is 0 Å². The van der Waals surface area contributed by atoms with Crippen LogP contribution in [0.5, 0.6) is 5.75 Å². The van der Waals surface area contributed by atoms with Crippen molar-refractivity contribution in [2.24, 2.45) is 0 Å². The normalized spacial score (nSPS) is 17.2. The lowest BCUT2D eigenvalue weighted by Crippen LogP contribution is -2.31. The summed E-state index contributed by atoms with van der Waals surface area (Å²) < 4.78 is 8.52. The van der Waals surface area contributed by atoms with Crippen molar-refractivity contribution in [2.45, 2.75) is 38.8 Å². The highest BCUT2D eigenvalue weighted by Crippen LogP contribution is 2.40. The van der Waals surface area contributed by atoms with Crippen LogP contribution in [0.3, 0.4) is 0 Å². The number of rotatable bonds is 10. The molecule has 1 atom stereocenters. The molecule has 0 radical (unpaired) electrons. The summed E-state index contributed by atoms with van der Waals surface area (Å²) in [5.41, 5.74) is 1.27. The number of aryl methyl sites for hydroxylation is 1. The molecule has 2 heterocycles. The molecule has 1 aromatic heterocycles. The molecule has 0 saturated carbocycles. The Labute approximate surface area is 213 Å². The molecule has 1 fully saturated rings. The third-order valence-corrected chi connectivity index (χ3v) is 6.45. The van der Waals surface area contributed by atoms with Crippen LogP contribution >= 0.6 is 15.9 Å². The summed E-state index contributed by atoms with van der Waals surface area (Å²) in [6.07, 6.45) is 7.84. The summed E-state index contributed by atoms with van der Waals surface area (Å²) in [4.78, 5) is 31.9. The van der Waals surface area contributed by atoms with Crippen molar-refractivity contribution < 1.29 is 19.4 Å². The first-order valence-corrected chi connectivity index (χ1v) is 12.5. The molecule has 1 aliphatic heterocycles. The minimum absolute atomic E-state index is 0.0847. The van der Waals surface area contributed by atoms with E-state index in [0.717, 1.165) is 22.9 Å². The van der Waals surface area contributed by atoms with Crippen LogP contribution in [0.2, 0.25) is 0 Å². The van der Waals surface area contributed by atoms with Gasteiger partial charge in [-0.15, -0.1) is 0 Å². The maximum atomic E-state index is 13.2. The molecule has 2 aromatic carbocycles. The van der Waals surface area contributed by atoms with Crippen molar-refractivity contribution in [3.05, 3.63) is 88.4 Å². The number of amides is 1. The van der Waals surface area contributed by atoms with Crippen molar-refractivity contribution >= 4 is 33.4 Å². The first kappa shape index (κ1) is 24.7. The van der Waals surface area contributed by atoms with E-state index < -0.39 is 17.7 Å². The monoisotopic (exact) mass is 537 g/mol. The second-order valence-corrected chi connectivity index (χ2v) is 9.35. The van der Waals surface area contributed by atoms with Crippen LogP contribution < -0.4 is 4.74 Å². The van der Waals surface area contributed by atoms with Gasteiger partial charge in [-0.05, 0) is 42.7 Å². The number of halogens is 1. The van der Waals surface area contributed by atoms with Crippen LogP contribution in [0.1, 0.15) is 43.4 Å². The van der Waals surface area contributed by atoms with Crippen molar-refractivity contribution in [3.63, 3.8) is 0 Å². The number of hydrogen-bond acceptors (Lipinski definition) is 5. The van der Waals surface area contributed by atoms with Crippen LogP contribution in [0, 0.1) is 0 Å². The number of nitrogens with zero attached hydrogens (tertiary/aromatic N) is 3. The molecule has 0 bridgehead atoms. The zero-order chi connectivity index (χ0) is 24.8. The quantitative estimate of drug-likeness (QED) is 0.163. The van der Waals surface area contributed by atoms with Gasteiger partial charge >= 0.3 is 0 Å². The molecular formula is C27H28BrN3O4. The zero-order valence-electron chi connectivity index (χ0n) is 19.6. The van der Waals surface area contributed by atoms with Gasteiger partial charge in [-0.2, -0.15) is 0 Å². The van der Waals surface area contributed by atoms with Gasteiger partial charge < -0.3 is 19.3 Å². The molecule has 1 unspecified atom stereocenters. The van der Waals surface area contributed by atoms with Gasteiger partial charge in [0, 0.05) is 35.5 Å². The van der Waals surface area contributed by atoms with E-state index in [1.54, 1.807) is 35.6 Å². The molecule has 8 heteroatoms. The fourth-order valence-electron chi connectivity index (χ4n) is 4.20. The van der Waals surface area contributed by atoms with Gasteiger partial charge in [-0.3, -0.25) is 9.59 Å². The summed E-state index contributed by atoms with van der Waals surface area (Å²) in [6.45, 7) is 3.67. The van der Waals surface area contributed by atoms with E-state index in [0.29, 0.717) is 37.4 Å². The number of carbonyl (C=O) groups is 2. The van der Waals surface area contributed by atoms with Crippen LogP contribution in [-0.2, 0) is 16.1 Å². The van der Waals surface area contributed by atoms with Crippen LogP contribution in [0.15, 0.2) is 77.3 Å². The molecule has 4 rings (SSSR count). The molecule has 0 aliphatic carbocycles. The summed E-state index contributed by atoms with van der Waals surface area (Å²) in [5.74, 6) is -0.896. The van der Waals surface area contributed by atoms with Crippen LogP contribution in [0.4, 0.5) is 0 Å². The lowest BCUT2D eigenvalue weighted by molar-refractivity contribution is -0.139. The predicted molar refractivity (Wildman–Crippen MR) is 137 cm³/mol. The number of benzene rings is 2. The molecule has 1 saturated heterocycles. The Balaban J connectivity index is 1.69. The number of likely N-dealkylation sites (tertiary alicyclic amines) is 1. The Bertz CT molecular complexity index is 1220. The number of unbranched alkanes of at least 4 members (excludes halogenated alkanes) is 1. The van der Waals surface area contributed by atoms with Crippen LogP contribution in [-0.4, -0.2) is 44.4 Å². The highest BCUT2D eigenvalue weighted by molar-refractivity contribution is 9.10. The van der Waals surface area contributed by atoms with Crippen molar-refractivity contribution in [1.29, 1.82) is 0 Å². The third-order valence-electron chi connectivity index (χ3n) is 5.95. The van der Waals surface area contributed by atoms with Crippen molar-refractivity contribution in [2.75, 3.05) is 13.2 Å². The zero-order valence-corrected chi connectivity index (χ0v) is 21.1. The van der Waals surface area contributed by atoms with E-state index >= 15 is 0 Å². The standard InChI is InChI=1S/C27H28BrN3O4/c1-2-3-15-35-22-10-5-8-20(17-22)25(32)23-24(19-7-4-9-21(28)16-19)31(27(34)26(23)33)13-6-12-30-14-11-29-18-30/h4-5,7-11,14,16-18,24,32H,2-3,6,12-13,15H2,1H3. The van der Waals surface area contributed by atoms with E-state index in [9.17, 15) is 14.7 Å². The SMILES string of the molecule is CCCCOc1cccc(C(O)=C2C(=O)C(=O)N(CCCn3ccnc3)C2c2cccc(Br)c2)c1. The second-order valence-electron chi connectivity index (χ2n) is 8.43. The molecule has 182 valence electrons. The Morgan fingerprint density at radius 3 is 2.69 bits per heavy atom. The molecule has 7 nitrogen and oxygen atoms in total. The first-order chi connectivity index (χ1) is 17.0. The molecule has 35 heavy (non-hydrogen) atoms. The van der Waals surface area contributed by atoms with E-state index in [4.69, 9.17) is 4.74 Å². The Morgan fingerprint density at radius 2 is 1.94 bits per heavy atom. The molecule has 1 aliphatic rings. The lowest BCUT2D eigenvalue weighted by Gasteiger charge is -2.25. The fraction of sp³-hybridized carbons (Fsp3) is 0.296. The van der Waals surface area contributed by atoms with Gasteiger partial charge in [0.1, 0.15) is 11.5 Å².